The zero-order chi connectivity index (χ0) is 17.5. The smallest absolute Gasteiger partial charge is 0.0455 e. The second-order valence-corrected chi connectivity index (χ2v) is 7.63. The van der Waals surface area contributed by atoms with Gasteiger partial charge in [0.25, 0.3) is 0 Å². The van der Waals surface area contributed by atoms with E-state index in [0.717, 1.165) is 28.7 Å². The normalized spacial score (nSPS) is 14.9. The molecule has 1 heterocycles. The zero-order valence-corrected chi connectivity index (χ0v) is 18.4. The predicted molar refractivity (Wildman–Crippen MR) is 123 cm³/mol. The Kier molecular flexibility index (Phi) is 11.2. The highest BCUT2D eigenvalue weighted by atomic mass is 35.5. The van der Waals surface area contributed by atoms with Crippen LogP contribution in [0.5, 0.6) is 0 Å². The fourth-order valence-electron chi connectivity index (χ4n) is 3.60. The van der Waals surface area contributed by atoms with E-state index in [2.05, 4.69) is 52.7 Å². The van der Waals surface area contributed by atoms with Crippen LogP contribution < -0.4 is 5.32 Å². The maximum Gasteiger partial charge on any atom is 0.0455 e. The summed E-state index contributed by atoms with van der Waals surface area (Å²) in [4.78, 5) is 2.62. The number of rotatable bonds is 7. The standard InChI is InChI=1S/C22H29ClN2.2ClH/c1-18-8-9-21(17-22(18)23)24-12-5-13-25-14-10-20(11-15-25)16-19-6-3-2-4-7-19;;/h2-4,6-9,17,20,24H,5,10-16H2,1H3;2*1H. The second kappa shape index (κ2) is 12.5. The van der Waals surface area contributed by atoms with Crippen LogP contribution in [-0.4, -0.2) is 31.1 Å². The van der Waals surface area contributed by atoms with Crippen LogP contribution in [-0.2, 0) is 6.42 Å². The molecule has 0 spiro atoms. The molecule has 1 fully saturated rings. The van der Waals surface area contributed by atoms with Gasteiger partial charge in [0.15, 0.2) is 0 Å². The largest absolute Gasteiger partial charge is 0.385 e. The molecule has 1 aliphatic rings. The monoisotopic (exact) mass is 428 g/mol. The lowest BCUT2D eigenvalue weighted by Crippen LogP contribution is -2.35. The molecular weight excluding hydrogens is 399 g/mol. The lowest BCUT2D eigenvalue weighted by molar-refractivity contribution is 0.183. The highest BCUT2D eigenvalue weighted by Crippen LogP contribution is 2.22. The number of halogens is 3. The van der Waals surface area contributed by atoms with Gasteiger partial charge in [-0.15, -0.1) is 24.8 Å². The van der Waals surface area contributed by atoms with E-state index in [1.807, 2.05) is 13.0 Å². The van der Waals surface area contributed by atoms with Gasteiger partial charge in [-0.1, -0.05) is 48.0 Å². The molecule has 0 amide bonds. The molecule has 0 atom stereocenters. The fourth-order valence-corrected chi connectivity index (χ4v) is 3.78. The number of nitrogens with one attached hydrogen (secondary N) is 1. The molecule has 2 nitrogen and oxygen atoms in total. The Labute approximate surface area is 181 Å². The fraction of sp³-hybridized carbons (Fsp3) is 0.455. The molecule has 150 valence electrons. The number of likely N-dealkylation sites (tertiary alicyclic amines) is 1. The van der Waals surface area contributed by atoms with E-state index in [-0.39, 0.29) is 24.8 Å². The molecule has 0 saturated carbocycles. The molecule has 5 heteroatoms. The van der Waals surface area contributed by atoms with Crippen molar-refractivity contribution in [2.45, 2.75) is 32.6 Å². The summed E-state index contributed by atoms with van der Waals surface area (Å²) >= 11 is 6.17. The van der Waals surface area contributed by atoms with Gasteiger partial charge in [0.2, 0.25) is 0 Å². The van der Waals surface area contributed by atoms with Gasteiger partial charge in [0, 0.05) is 17.3 Å². The van der Waals surface area contributed by atoms with E-state index in [4.69, 9.17) is 11.6 Å². The minimum absolute atomic E-state index is 0. The third-order valence-electron chi connectivity index (χ3n) is 5.23. The first-order valence-corrected chi connectivity index (χ1v) is 9.85. The van der Waals surface area contributed by atoms with Gasteiger partial charge in [-0.25, -0.2) is 0 Å². The number of benzene rings is 2. The lowest BCUT2D eigenvalue weighted by Gasteiger charge is -2.32. The van der Waals surface area contributed by atoms with E-state index >= 15 is 0 Å². The van der Waals surface area contributed by atoms with Crippen molar-refractivity contribution >= 4 is 42.1 Å². The Morgan fingerprint density at radius 3 is 2.41 bits per heavy atom. The number of hydrogen-bond donors (Lipinski definition) is 1. The summed E-state index contributed by atoms with van der Waals surface area (Å²) < 4.78 is 0. The quantitative estimate of drug-likeness (QED) is 0.523. The summed E-state index contributed by atoms with van der Waals surface area (Å²) in [6, 6.07) is 17.1. The van der Waals surface area contributed by atoms with Gasteiger partial charge in [-0.2, -0.15) is 0 Å². The molecule has 3 rings (SSSR count). The number of piperidine rings is 1. The first-order chi connectivity index (χ1) is 12.2. The first-order valence-electron chi connectivity index (χ1n) is 9.47. The molecule has 2 aromatic carbocycles. The van der Waals surface area contributed by atoms with Gasteiger partial charge in [-0.3, -0.25) is 0 Å². The molecular formula is C22H31Cl3N2. The van der Waals surface area contributed by atoms with E-state index in [1.54, 1.807) is 0 Å². The van der Waals surface area contributed by atoms with E-state index in [9.17, 15) is 0 Å². The average molecular weight is 430 g/mol. The molecule has 1 aliphatic heterocycles. The third-order valence-corrected chi connectivity index (χ3v) is 5.63. The SMILES string of the molecule is Cc1ccc(NCCCN2CCC(Cc3ccccc3)CC2)cc1Cl.Cl.Cl. The van der Waals surface area contributed by atoms with Crippen LogP contribution in [0.3, 0.4) is 0 Å². The summed E-state index contributed by atoms with van der Waals surface area (Å²) in [5.74, 6) is 0.853. The van der Waals surface area contributed by atoms with Crippen LogP contribution in [0, 0.1) is 12.8 Å². The summed E-state index contributed by atoms with van der Waals surface area (Å²) in [6.07, 6.45) is 5.07. The number of aryl methyl sites for hydroxylation is 1. The number of anilines is 1. The van der Waals surface area contributed by atoms with Crippen molar-refractivity contribution < 1.29 is 0 Å². The van der Waals surface area contributed by atoms with Crippen molar-refractivity contribution in [1.82, 2.24) is 4.90 Å². The Balaban J connectivity index is 0.00000182. The molecule has 1 saturated heterocycles. The maximum absolute atomic E-state index is 6.17. The third kappa shape index (κ3) is 7.91. The molecule has 0 aromatic heterocycles. The van der Waals surface area contributed by atoms with Crippen LogP contribution >= 0.6 is 36.4 Å². The van der Waals surface area contributed by atoms with E-state index < -0.39 is 0 Å². The summed E-state index contributed by atoms with van der Waals surface area (Å²) in [7, 11) is 0. The van der Waals surface area contributed by atoms with Crippen molar-refractivity contribution in [3.8, 4) is 0 Å². The van der Waals surface area contributed by atoms with E-state index in [0.29, 0.717) is 0 Å². The van der Waals surface area contributed by atoms with Crippen LogP contribution in [0.4, 0.5) is 5.69 Å². The van der Waals surface area contributed by atoms with Crippen LogP contribution in [0.1, 0.15) is 30.4 Å². The molecule has 0 unspecified atom stereocenters. The van der Waals surface area contributed by atoms with Crippen molar-refractivity contribution in [2.24, 2.45) is 5.92 Å². The Hall–Kier alpha value is -0.930. The average Bonchev–Trinajstić information content (AvgIpc) is 2.64. The minimum Gasteiger partial charge on any atom is -0.385 e. The summed E-state index contributed by atoms with van der Waals surface area (Å²) in [6.45, 7) is 6.71. The predicted octanol–water partition coefficient (Wildman–Crippen LogP) is 6.25. The van der Waals surface area contributed by atoms with Crippen LogP contribution in [0.25, 0.3) is 0 Å². The van der Waals surface area contributed by atoms with Gasteiger partial charge in [0.05, 0.1) is 0 Å². The highest BCUT2D eigenvalue weighted by molar-refractivity contribution is 6.31. The molecule has 0 radical (unpaired) electrons. The molecule has 1 N–H and O–H groups in total. The van der Waals surface area contributed by atoms with Gasteiger partial charge in [-0.05, 0) is 81.4 Å². The van der Waals surface area contributed by atoms with Gasteiger partial charge >= 0.3 is 0 Å². The summed E-state index contributed by atoms with van der Waals surface area (Å²) in [5.41, 5.74) is 3.74. The molecule has 27 heavy (non-hydrogen) atoms. The summed E-state index contributed by atoms with van der Waals surface area (Å²) in [5, 5.41) is 4.32. The topological polar surface area (TPSA) is 15.3 Å². The van der Waals surface area contributed by atoms with Crippen molar-refractivity contribution in [2.75, 3.05) is 31.5 Å². The first kappa shape index (κ1) is 24.1. The molecule has 0 aliphatic carbocycles. The number of nitrogens with zero attached hydrogens (tertiary/aromatic N) is 1. The Morgan fingerprint density at radius 1 is 1.04 bits per heavy atom. The van der Waals surface area contributed by atoms with Crippen molar-refractivity contribution in [3.63, 3.8) is 0 Å². The Bertz CT molecular complexity index is 656. The lowest BCUT2D eigenvalue weighted by atomic mass is 9.90. The zero-order valence-electron chi connectivity index (χ0n) is 16.0. The van der Waals surface area contributed by atoms with Crippen molar-refractivity contribution in [1.29, 1.82) is 0 Å². The second-order valence-electron chi connectivity index (χ2n) is 7.22. The highest BCUT2D eigenvalue weighted by Gasteiger charge is 2.18. The van der Waals surface area contributed by atoms with Crippen LogP contribution in [0.2, 0.25) is 5.02 Å². The van der Waals surface area contributed by atoms with Crippen LogP contribution in [0.15, 0.2) is 48.5 Å². The van der Waals surface area contributed by atoms with Gasteiger partial charge < -0.3 is 10.2 Å². The Morgan fingerprint density at radius 2 is 1.74 bits per heavy atom. The molecule has 0 bridgehead atoms. The minimum atomic E-state index is 0. The number of hydrogen-bond acceptors (Lipinski definition) is 2. The van der Waals surface area contributed by atoms with Crippen molar-refractivity contribution in [3.05, 3.63) is 64.7 Å². The maximum atomic E-state index is 6.17. The van der Waals surface area contributed by atoms with Gasteiger partial charge in [0.1, 0.15) is 0 Å². The molecule has 2 aromatic rings. The van der Waals surface area contributed by atoms with E-state index in [1.165, 1.54) is 50.9 Å².